The molecule has 10 aromatic rings. The Morgan fingerprint density at radius 1 is 0.100 bits per heavy atom. The molecule has 0 bridgehead atoms. The van der Waals surface area contributed by atoms with E-state index >= 15 is 0 Å². The average Bonchev–Trinajstić information content (AvgIpc) is 3.35. The van der Waals surface area contributed by atoms with Gasteiger partial charge >= 0.3 is 0 Å². The molecule has 0 saturated heterocycles. The minimum Gasteiger partial charge on any atom is -0.0622 e. The summed E-state index contributed by atoms with van der Waals surface area (Å²) in [5.74, 6) is 0. The number of rotatable bonds is 8. The van der Waals surface area contributed by atoms with Crippen LogP contribution in [0.2, 0.25) is 0 Å². The van der Waals surface area contributed by atoms with Crippen LogP contribution in [0.1, 0.15) is 0 Å². The molecule has 0 radical (unpaired) electrons. The van der Waals surface area contributed by atoms with Crippen LogP contribution in [-0.2, 0) is 0 Å². The molecule has 0 aliphatic carbocycles. The predicted molar refractivity (Wildman–Crippen MR) is 256 cm³/mol. The number of hydrogen-bond acceptors (Lipinski definition) is 0. The topological polar surface area (TPSA) is 0 Å². The zero-order chi connectivity index (χ0) is 40.4. The first kappa shape index (κ1) is 37.8. The van der Waals surface area contributed by atoms with E-state index < -0.39 is 0 Å². The molecule has 0 aliphatic heterocycles. The van der Waals surface area contributed by atoms with Crippen LogP contribution in [-0.4, -0.2) is 0 Å². The maximum atomic E-state index is 2.29. The lowest BCUT2D eigenvalue weighted by molar-refractivity contribution is 1.56. The largest absolute Gasteiger partial charge is 0.0622 e. The highest BCUT2D eigenvalue weighted by Crippen LogP contribution is 2.33. The summed E-state index contributed by atoms with van der Waals surface area (Å²) in [6, 6.07) is 94.9. The van der Waals surface area contributed by atoms with Gasteiger partial charge in [-0.25, -0.2) is 0 Å². The maximum Gasteiger partial charge on any atom is -0.0178 e. The van der Waals surface area contributed by atoms with E-state index in [2.05, 4.69) is 267 Å². The van der Waals surface area contributed by atoms with Crippen LogP contribution < -0.4 is 0 Å². The standard InChI is InChI=1S/2C30H22/c2*1-3-10-23(11-4-1)25-14-7-16-27(20-25)29-18-9-19-30(22-29)28-17-8-15-26(21-28)24-12-5-2-6-13-24/h2*1-22H. The third kappa shape index (κ3) is 9.00. The van der Waals surface area contributed by atoms with Gasteiger partial charge in [-0.05, 0) is 125 Å². The molecule has 0 nitrogen and oxygen atoms in total. The Hall–Kier alpha value is -7.80. The van der Waals surface area contributed by atoms with Crippen LogP contribution >= 0.6 is 0 Å². The summed E-state index contributed by atoms with van der Waals surface area (Å²) in [4.78, 5) is 0. The molecule has 0 N–H and O–H groups in total. The zero-order valence-corrected chi connectivity index (χ0v) is 33.4. The van der Waals surface area contributed by atoms with Crippen LogP contribution in [0.25, 0.3) is 89.0 Å². The number of benzene rings is 10. The smallest absolute Gasteiger partial charge is 0.0178 e. The van der Waals surface area contributed by atoms with Crippen molar-refractivity contribution < 1.29 is 0 Å². The van der Waals surface area contributed by atoms with E-state index in [9.17, 15) is 0 Å². The average molecular weight is 765 g/mol. The molecule has 0 atom stereocenters. The summed E-state index contributed by atoms with van der Waals surface area (Å²) in [7, 11) is 0. The predicted octanol–water partition coefficient (Wildman–Crippen LogP) is 16.7. The minimum absolute atomic E-state index is 1.23. The Bertz CT molecular complexity index is 2540. The highest BCUT2D eigenvalue weighted by atomic mass is 14.1. The monoisotopic (exact) mass is 764 g/mol. The highest BCUT2D eigenvalue weighted by Gasteiger charge is 2.08. The molecule has 0 heteroatoms. The molecule has 10 rings (SSSR count). The van der Waals surface area contributed by atoms with Crippen LogP contribution in [0.4, 0.5) is 0 Å². The second-order valence-electron chi connectivity index (χ2n) is 14.9. The summed E-state index contributed by atoms with van der Waals surface area (Å²) < 4.78 is 0. The minimum atomic E-state index is 1.23. The van der Waals surface area contributed by atoms with Crippen LogP contribution in [0, 0.1) is 0 Å². The van der Waals surface area contributed by atoms with E-state index in [0.29, 0.717) is 0 Å². The Kier molecular flexibility index (Phi) is 11.5. The molecular formula is C60H44. The lowest BCUT2D eigenvalue weighted by Gasteiger charge is -2.10. The Labute approximate surface area is 354 Å². The quantitative estimate of drug-likeness (QED) is 0.145. The molecule has 10 aromatic carbocycles. The van der Waals surface area contributed by atoms with Crippen molar-refractivity contribution in [1.82, 2.24) is 0 Å². The first-order chi connectivity index (χ1) is 29.7. The summed E-state index contributed by atoms with van der Waals surface area (Å²) >= 11 is 0. The van der Waals surface area contributed by atoms with E-state index in [1.54, 1.807) is 0 Å². The Morgan fingerprint density at radius 3 is 0.367 bits per heavy atom. The van der Waals surface area contributed by atoms with Gasteiger partial charge < -0.3 is 0 Å². The van der Waals surface area contributed by atoms with Gasteiger partial charge in [-0.15, -0.1) is 0 Å². The molecule has 0 unspecified atom stereocenters. The molecule has 0 amide bonds. The third-order valence-corrected chi connectivity index (χ3v) is 10.9. The first-order valence-corrected chi connectivity index (χ1v) is 20.6. The van der Waals surface area contributed by atoms with Gasteiger partial charge in [0.1, 0.15) is 0 Å². The van der Waals surface area contributed by atoms with Crippen LogP contribution in [0.5, 0.6) is 0 Å². The van der Waals surface area contributed by atoms with Gasteiger partial charge in [-0.2, -0.15) is 0 Å². The summed E-state index contributed by atoms with van der Waals surface area (Å²) in [6.45, 7) is 0. The fourth-order valence-corrected chi connectivity index (χ4v) is 7.79. The van der Waals surface area contributed by atoms with Crippen LogP contribution in [0.15, 0.2) is 267 Å². The van der Waals surface area contributed by atoms with Gasteiger partial charge in [0.2, 0.25) is 0 Å². The Balaban J connectivity index is 0.000000154. The maximum absolute atomic E-state index is 2.29. The van der Waals surface area contributed by atoms with E-state index in [1.165, 1.54) is 89.0 Å². The van der Waals surface area contributed by atoms with E-state index in [4.69, 9.17) is 0 Å². The summed E-state index contributed by atoms with van der Waals surface area (Å²) in [6.07, 6.45) is 0. The van der Waals surface area contributed by atoms with Crippen molar-refractivity contribution in [1.29, 1.82) is 0 Å². The van der Waals surface area contributed by atoms with Gasteiger partial charge in [0.15, 0.2) is 0 Å². The lowest BCUT2D eigenvalue weighted by Crippen LogP contribution is -1.84. The van der Waals surface area contributed by atoms with Crippen molar-refractivity contribution in [3.05, 3.63) is 267 Å². The van der Waals surface area contributed by atoms with Crippen LogP contribution in [0.3, 0.4) is 0 Å². The summed E-state index contributed by atoms with van der Waals surface area (Å²) in [5, 5.41) is 0. The molecule has 60 heavy (non-hydrogen) atoms. The molecule has 0 spiro atoms. The molecule has 0 saturated carbocycles. The van der Waals surface area contributed by atoms with E-state index in [-0.39, 0.29) is 0 Å². The fraction of sp³-hybridized carbons (Fsp3) is 0. The SMILES string of the molecule is c1ccc(-c2cccc(-c3cccc(-c4cccc(-c5ccccc5)c4)c3)c2)cc1.c1ccc(-c2cccc(-c3cccc(-c4cccc(-c5ccccc5)c4)c3)c2)cc1. The lowest BCUT2D eigenvalue weighted by atomic mass is 9.95. The molecule has 0 aliphatic rings. The normalized spacial score (nSPS) is 10.7. The molecule has 0 heterocycles. The number of hydrogen-bond donors (Lipinski definition) is 0. The van der Waals surface area contributed by atoms with Gasteiger partial charge in [-0.1, -0.05) is 231 Å². The highest BCUT2D eigenvalue weighted by molar-refractivity contribution is 5.81. The van der Waals surface area contributed by atoms with Gasteiger partial charge in [-0.3, -0.25) is 0 Å². The van der Waals surface area contributed by atoms with Crippen molar-refractivity contribution >= 4 is 0 Å². The molecule has 284 valence electrons. The fourth-order valence-electron chi connectivity index (χ4n) is 7.79. The summed E-state index contributed by atoms with van der Waals surface area (Å²) in [5.41, 5.74) is 19.8. The molecular weight excluding hydrogens is 721 g/mol. The zero-order valence-electron chi connectivity index (χ0n) is 33.4. The van der Waals surface area contributed by atoms with Crippen molar-refractivity contribution in [2.75, 3.05) is 0 Å². The van der Waals surface area contributed by atoms with E-state index in [1.807, 2.05) is 0 Å². The van der Waals surface area contributed by atoms with Crippen molar-refractivity contribution in [3.8, 4) is 89.0 Å². The van der Waals surface area contributed by atoms with E-state index in [0.717, 1.165) is 0 Å². The third-order valence-electron chi connectivity index (χ3n) is 10.9. The van der Waals surface area contributed by atoms with Gasteiger partial charge in [0, 0.05) is 0 Å². The molecule has 0 aromatic heterocycles. The second-order valence-corrected chi connectivity index (χ2v) is 14.9. The van der Waals surface area contributed by atoms with Crippen molar-refractivity contribution in [2.24, 2.45) is 0 Å². The van der Waals surface area contributed by atoms with Crippen molar-refractivity contribution in [2.45, 2.75) is 0 Å². The second kappa shape index (κ2) is 18.2. The first-order valence-electron chi connectivity index (χ1n) is 20.6. The van der Waals surface area contributed by atoms with Gasteiger partial charge in [0.25, 0.3) is 0 Å². The Morgan fingerprint density at radius 2 is 0.217 bits per heavy atom. The molecule has 0 fully saturated rings. The van der Waals surface area contributed by atoms with Crippen molar-refractivity contribution in [3.63, 3.8) is 0 Å². The van der Waals surface area contributed by atoms with Gasteiger partial charge in [0.05, 0.1) is 0 Å².